The Morgan fingerprint density at radius 2 is 2.03 bits per heavy atom. The summed E-state index contributed by atoms with van der Waals surface area (Å²) < 4.78 is 19.1. The Bertz CT molecular complexity index is 1030. The van der Waals surface area contributed by atoms with Crippen LogP contribution >= 0.6 is 15.9 Å². The van der Waals surface area contributed by atoms with Crippen LogP contribution in [0.3, 0.4) is 0 Å². The van der Waals surface area contributed by atoms with E-state index in [9.17, 15) is 9.35 Å². The van der Waals surface area contributed by atoms with Crippen molar-refractivity contribution in [3.05, 3.63) is 52.0 Å². The van der Waals surface area contributed by atoms with Crippen LogP contribution in [0.15, 0.2) is 45.8 Å². The minimum absolute atomic E-state index is 0.258. The number of aromatic nitrogens is 3. The van der Waals surface area contributed by atoms with Gasteiger partial charge in [0, 0.05) is 43.3 Å². The molecule has 0 saturated carbocycles. The summed E-state index contributed by atoms with van der Waals surface area (Å²) in [6.45, 7) is 5.68. The lowest BCUT2D eigenvalue weighted by Gasteiger charge is -2.33. The van der Waals surface area contributed by atoms with Crippen LogP contribution in [-0.4, -0.2) is 74.3 Å². The fourth-order valence-corrected chi connectivity index (χ4v) is 5.37. The molecule has 0 spiro atoms. The summed E-state index contributed by atoms with van der Waals surface area (Å²) in [5, 5.41) is 10.5. The Morgan fingerprint density at radius 3 is 2.81 bits per heavy atom. The van der Waals surface area contributed by atoms with Crippen molar-refractivity contribution in [2.75, 3.05) is 38.5 Å². The van der Waals surface area contributed by atoms with Crippen LogP contribution in [0.25, 0.3) is 11.0 Å². The number of benzene rings is 2. The molecular weight excluding hydrogens is 482 g/mol. The van der Waals surface area contributed by atoms with Crippen LogP contribution in [0.2, 0.25) is 0 Å². The number of aryl methyl sites for hydroxylation is 1. The van der Waals surface area contributed by atoms with Gasteiger partial charge in [0.1, 0.15) is 17.9 Å². The molecule has 1 amide bonds. The molecule has 164 valence electrons. The molecule has 1 atom stereocenters. The van der Waals surface area contributed by atoms with E-state index in [-0.39, 0.29) is 12.7 Å². The van der Waals surface area contributed by atoms with Crippen LogP contribution in [-0.2, 0) is 22.5 Å². The van der Waals surface area contributed by atoms with Crippen molar-refractivity contribution in [2.24, 2.45) is 0 Å². The topological polar surface area (TPSA) is 97.4 Å². The molecule has 1 unspecified atom stereocenters. The minimum Gasteiger partial charge on any atom is -0.611 e. The van der Waals surface area contributed by atoms with Crippen LogP contribution in [0.5, 0.6) is 0 Å². The zero-order valence-electron chi connectivity index (χ0n) is 17.2. The Morgan fingerprint density at radius 1 is 1.23 bits per heavy atom. The van der Waals surface area contributed by atoms with Gasteiger partial charge in [0.2, 0.25) is 0 Å². The average molecular weight is 506 g/mol. The highest BCUT2D eigenvalue weighted by Crippen LogP contribution is 2.18. The number of nitrogens with zero attached hydrogens (tertiary/aromatic N) is 4. The molecule has 1 saturated heterocycles. The van der Waals surface area contributed by atoms with Gasteiger partial charge in [-0.3, -0.25) is 10.00 Å². The van der Waals surface area contributed by atoms with Crippen molar-refractivity contribution in [1.82, 2.24) is 25.2 Å². The van der Waals surface area contributed by atoms with Crippen molar-refractivity contribution < 1.29 is 14.1 Å². The number of halogens is 1. The number of nitrogens with one attached hydrogen (secondary N) is 1. The monoisotopic (exact) mass is 505 g/mol. The van der Waals surface area contributed by atoms with Crippen LogP contribution in [0.4, 0.5) is 4.79 Å². The highest BCUT2D eigenvalue weighted by atomic mass is 79.9. The van der Waals surface area contributed by atoms with E-state index in [4.69, 9.17) is 4.74 Å². The van der Waals surface area contributed by atoms with Crippen LogP contribution in [0, 0.1) is 6.92 Å². The lowest BCUT2D eigenvalue weighted by molar-refractivity contribution is 0.0730. The second kappa shape index (κ2) is 9.99. The van der Waals surface area contributed by atoms with Crippen molar-refractivity contribution in [2.45, 2.75) is 18.4 Å². The number of carbonyl (C=O) groups excluding carboxylic acids is 1. The van der Waals surface area contributed by atoms with Crippen LogP contribution < -0.4 is 0 Å². The molecule has 1 N–H and O–H groups in total. The van der Waals surface area contributed by atoms with Gasteiger partial charge in [-0.15, -0.1) is 5.10 Å². The Hall–Kier alpha value is -2.14. The molecule has 31 heavy (non-hydrogen) atoms. The van der Waals surface area contributed by atoms with Crippen molar-refractivity contribution in [3.8, 4) is 0 Å². The molecule has 1 aliphatic heterocycles. The van der Waals surface area contributed by atoms with E-state index in [1.165, 1.54) is 0 Å². The molecule has 2 heterocycles. The van der Waals surface area contributed by atoms with E-state index < -0.39 is 11.2 Å². The smallest absolute Gasteiger partial charge is 0.410 e. The largest absolute Gasteiger partial charge is 0.611 e. The third-order valence-electron chi connectivity index (χ3n) is 5.25. The van der Waals surface area contributed by atoms with E-state index in [1.54, 1.807) is 4.90 Å². The molecular formula is C21H24BrN5O3S. The molecule has 0 radical (unpaired) electrons. The van der Waals surface area contributed by atoms with Gasteiger partial charge in [-0.05, 0) is 53.5 Å². The first-order chi connectivity index (χ1) is 15.0. The number of hydrogen-bond acceptors (Lipinski definition) is 6. The zero-order valence-corrected chi connectivity index (χ0v) is 19.6. The number of fused-ring (bicyclic) bond motifs is 1. The number of piperazine rings is 1. The lowest BCUT2D eigenvalue weighted by Crippen LogP contribution is -2.49. The molecule has 10 heteroatoms. The average Bonchev–Trinajstić information content (AvgIpc) is 3.23. The highest BCUT2D eigenvalue weighted by Gasteiger charge is 2.23. The number of hydrogen-bond donors (Lipinski definition) is 1. The highest BCUT2D eigenvalue weighted by molar-refractivity contribution is 9.10. The predicted molar refractivity (Wildman–Crippen MR) is 122 cm³/mol. The van der Waals surface area contributed by atoms with E-state index >= 15 is 0 Å². The van der Waals surface area contributed by atoms with E-state index in [0.29, 0.717) is 25.4 Å². The number of carbonyl (C=O) groups is 1. The van der Waals surface area contributed by atoms with Gasteiger partial charge in [0.05, 0.1) is 5.52 Å². The van der Waals surface area contributed by atoms with Gasteiger partial charge < -0.3 is 14.2 Å². The van der Waals surface area contributed by atoms with Crippen molar-refractivity contribution >= 4 is 44.2 Å². The summed E-state index contributed by atoms with van der Waals surface area (Å²) >= 11 is 2.37. The fraction of sp³-hybridized carbons (Fsp3) is 0.381. The Kier molecular flexibility index (Phi) is 7.11. The van der Waals surface area contributed by atoms with Gasteiger partial charge in [-0.1, -0.05) is 27.2 Å². The quantitative estimate of drug-likeness (QED) is 0.517. The van der Waals surface area contributed by atoms with Crippen molar-refractivity contribution in [3.63, 3.8) is 0 Å². The number of amides is 1. The Labute approximate surface area is 192 Å². The first-order valence-corrected chi connectivity index (χ1v) is 12.2. The van der Waals surface area contributed by atoms with E-state index in [1.807, 2.05) is 43.3 Å². The van der Waals surface area contributed by atoms with Crippen LogP contribution in [0.1, 0.15) is 11.1 Å². The maximum absolute atomic E-state index is 12.6. The summed E-state index contributed by atoms with van der Waals surface area (Å²) in [5.41, 5.74) is 3.63. The van der Waals surface area contributed by atoms with E-state index in [0.717, 1.165) is 44.6 Å². The molecule has 1 fully saturated rings. The number of aromatic amines is 1. The number of rotatable bonds is 6. The maximum Gasteiger partial charge on any atom is 0.410 e. The zero-order chi connectivity index (χ0) is 21.8. The van der Waals surface area contributed by atoms with E-state index in [2.05, 4.69) is 36.2 Å². The van der Waals surface area contributed by atoms with Crippen molar-refractivity contribution in [1.29, 1.82) is 0 Å². The molecule has 0 aliphatic carbocycles. The summed E-state index contributed by atoms with van der Waals surface area (Å²) in [7, 11) is 0. The number of H-pyrrole nitrogens is 1. The second-order valence-corrected chi connectivity index (χ2v) is 10.0. The fourth-order valence-electron chi connectivity index (χ4n) is 3.58. The third kappa shape index (κ3) is 5.76. The first kappa shape index (κ1) is 22.1. The summed E-state index contributed by atoms with van der Waals surface area (Å²) in [6.07, 6.45) is -0.290. The van der Waals surface area contributed by atoms with Gasteiger partial charge in [0.15, 0.2) is 4.90 Å². The van der Waals surface area contributed by atoms with Gasteiger partial charge in [0.25, 0.3) is 0 Å². The second-order valence-electron chi connectivity index (χ2n) is 7.56. The standard InChI is InChI=1S/C21H24BrN5O3S/c1-15-10-16(12-17(22)11-15)14-30-21(28)27-6-4-26(5-7-27)8-9-31(29)18-2-3-19-20(13-18)24-25-23-19/h2-3,10-13H,4-9,14H2,1H3,(H,23,24,25). The molecule has 8 nitrogen and oxygen atoms in total. The molecule has 1 aromatic heterocycles. The third-order valence-corrected chi connectivity index (χ3v) is 7.04. The summed E-state index contributed by atoms with van der Waals surface area (Å²) in [4.78, 5) is 17.1. The SMILES string of the molecule is Cc1cc(Br)cc(COC(=O)N2CCN(CC[S+]([O-])c3ccc4nn[nH]c4c3)CC2)c1. The lowest BCUT2D eigenvalue weighted by atomic mass is 10.1. The normalized spacial score (nSPS) is 15.9. The summed E-state index contributed by atoms with van der Waals surface area (Å²) in [6, 6.07) is 11.5. The van der Waals surface area contributed by atoms with Gasteiger partial charge in [-0.25, -0.2) is 4.79 Å². The number of ether oxygens (including phenoxy) is 1. The van der Waals surface area contributed by atoms with Gasteiger partial charge >= 0.3 is 6.09 Å². The maximum atomic E-state index is 12.6. The molecule has 0 bridgehead atoms. The van der Waals surface area contributed by atoms with Gasteiger partial charge in [-0.2, -0.15) is 0 Å². The molecule has 2 aromatic carbocycles. The summed E-state index contributed by atoms with van der Waals surface area (Å²) in [5.74, 6) is 0.541. The Balaban J connectivity index is 1.20. The molecule has 3 aromatic rings. The first-order valence-electron chi connectivity index (χ1n) is 10.1. The molecule has 1 aliphatic rings. The molecule has 4 rings (SSSR count). The predicted octanol–water partition coefficient (Wildman–Crippen LogP) is 3.09. The minimum atomic E-state index is -1.10.